The number of rotatable bonds is 2. The van der Waals surface area contributed by atoms with Crippen molar-refractivity contribution >= 4 is 11.6 Å². The van der Waals surface area contributed by atoms with Crippen LogP contribution in [0.15, 0.2) is 48.5 Å². The van der Waals surface area contributed by atoms with Crippen molar-refractivity contribution in [3.63, 3.8) is 0 Å². The Morgan fingerprint density at radius 1 is 0.812 bits per heavy atom. The number of aryl methyl sites for hydroxylation is 2. The normalized spacial score (nSPS) is 12.4. The van der Waals surface area contributed by atoms with Crippen molar-refractivity contribution in [1.82, 2.24) is 0 Å². The van der Waals surface area contributed by atoms with E-state index >= 15 is 0 Å². The van der Waals surface area contributed by atoms with Crippen LogP contribution in [0.3, 0.4) is 0 Å². The topological polar surface area (TPSA) is 0 Å². The van der Waals surface area contributed by atoms with E-state index in [1.165, 1.54) is 16.7 Å². The molecule has 1 atom stereocenters. The fraction of sp³-hybridized carbons (Fsp3) is 0.200. The van der Waals surface area contributed by atoms with Crippen LogP contribution < -0.4 is 0 Å². The van der Waals surface area contributed by atoms with Gasteiger partial charge in [0.15, 0.2) is 0 Å². The minimum atomic E-state index is -0.0533. The van der Waals surface area contributed by atoms with Crippen LogP contribution >= 0.6 is 11.6 Å². The van der Waals surface area contributed by atoms with Crippen LogP contribution in [0.1, 0.15) is 27.6 Å². The maximum absolute atomic E-state index is 6.54. The Bertz CT molecular complexity index is 454. The lowest BCUT2D eigenvalue weighted by Crippen LogP contribution is -1.99. The monoisotopic (exact) mass is 230 g/mol. The van der Waals surface area contributed by atoms with Gasteiger partial charge in [0.05, 0.1) is 5.38 Å². The van der Waals surface area contributed by atoms with Gasteiger partial charge in [-0.2, -0.15) is 0 Å². The second kappa shape index (κ2) is 4.71. The molecular weight excluding hydrogens is 216 g/mol. The third-order valence-electron chi connectivity index (χ3n) is 2.89. The van der Waals surface area contributed by atoms with Gasteiger partial charge in [0.1, 0.15) is 0 Å². The lowest BCUT2D eigenvalue weighted by molar-refractivity contribution is 1.08. The molecule has 0 nitrogen and oxygen atoms in total. The molecule has 0 amide bonds. The first-order chi connectivity index (χ1) is 7.70. The van der Waals surface area contributed by atoms with Crippen LogP contribution in [0.4, 0.5) is 0 Å². The molecule has 1 heteroatoms. The SMILES string of the molecule is Cc1cccc(C)c1C(Cl)c1ccccc1. The predicted molar refractivity (Wildman–Crippen MR) is 70.1 cm³/mol. The predicted octanol–water partition coefficient (Wildman–Crippen LogP) is 4.63. The first-order valence-corrected chi connectivity index (χ1v) is 5.89. The largest absolute Gasteiger partial charge is 0.113 e. The van der Waals surface area contributed by atoms with Crippen LogP contribution in [0.5, 0.6) is 0 Å². The summed E-state index contributed by atoms with van der Waals surface area (Å²) in [4.78, 5) is 0. The molecule has 0 saturated heterocycles. The Morgan fingerprint density at radius 2 is 1.38 bits per heavy atom. The van der Waals surface area contributed by atoms with E-state index in [1.807, 2.05) is 18.2 Å². The van der Waals surface area contributed by atoms with Crippen molar-refractivity contribution in [1.29, 1.82) is 0 Å². The van der Waals surface area contributed by atoms with E-state index in [9.17, 15) is 0 Å². The zero-order valence-electron chi connectivity index (χ0n) is 9.57. The minimum absolute atomic E-state index is 0.0533. The molecule has 0 radical (unpaired) electrons. The highest BCUT2D eigenvalue weighted by Crippen LogP contribution is 2.32. The van der Waals surface area contributed by atoms with E-state index < -0.39 is 0 Å². The molecular formula is C15H15Cl. The fourth-order valence-corrected chi connectivity index (χ4v) is 2.51. The van der Waals surface area contributed by atoms with Crippen molar-refractivity contribution in [3.05, 3.63) is 70.8 Å². The van der Waals surface area contributed by atoms with Gasteiger partial charge in [-0.25, -0.2) is 0 Å². The summed E-state index contributed by atoms with van der Waals surface area (Å²) in [7, 11) is 0. The molecule has 2 rings (SSSR count). The van der Waals surface area contributed by atoms with Crippen LogP contribution in [-0.4, -0.2) is 0 Å². The Hall–Kier alpha value is -1.27. The summed E-state index contributed by atoms with van der Waals surface area (Å²) < 4.78 is 0. The first kappa shape index (κ1) is 11.2. The quantitative estimate of drug-likeness (QED) is 0.660. The lowest BCUT2D eigenvalue weighted by atomic mass is 9.96. The zero-order chi connectivity index (χ0) is 11.5. The van der Waals surface area contributed by atoms with Gasteiger partial charge in [-0.05, 0) is 36.1 Å². The molecule has 2 aromatic carbocycles. The average molecular weight is 231 g/mol. The molecule has 0 saturated carbocycles. The van der Waals surface area contributed by atoms with Crippen LogP contribution in [0.2, 0.25) is 0 Å². The number of hydrogen-bond donors (Lipinski definition) is 0. The van der Waals surface area contributed by atoms with Gasteiger partial charge in [0.2, 0.25) is 0 Å². The van der Waals surface area contributed by atoms with Crippen LogP contribution in [0, 0.1) is 13.8 Å². The van der Waals surface area contributed by atoms with Crippen molar-refractivity contribution < 1.29 is 0 Å². The Balaban J connectivity index is 2.46. The molecule has 16 heavy (non-hydrogen) atoms. The van der Waals surface area contributed by atoms with Gasteiger partial charge in [0.25, 0.3) is 0 Å². The summed E-state index contributed by atoms with van der Waals surface area (Å²) in [6.07, 6.45) is 0. The maximum Gasteiger partial charge on any atom is 0.0840 e. The third-order valence-corrected chi connectivity index (χ3v) is 3.36. The fourth-order valence-electron chi connectivity index (χ4n) is 2.02. The van der Waals surface area contributed by atoms with Crippen LogP contribution in [0.25, 0.3) is 0 Å². The lowest BCUT2D eigenvalue weighted by Gasteiger charge is -2.15. The standard InChI is InChI=1S/C15H15Cl/c1-11-7-6-8-12(2)14(11)15(16)13-9-4-3-5-10-13/h3-10,15H,1-2H3. The molecule has 0 aliphatic carbocycles. The van der Waals surface area contributed by atoms with E-state index in [4.69, 9.17) is 11.6 Å². The zero-order valence-corrected chi connectivity index (χ0v) is 10.3. The molecule has 82 valence electrons. The molecule has 0 aliphatic rings. The van der Waals surface area contributed by atoms with Crippen LogP contribution in [-0.2, 0) is 0 Å². The highest BCUT2D eigenvalue weighted by Gasteiger charge is 2.14. The molecule has 0 heterocycles. The number of hydrogen-bond acceptors (Lipinski definition) is 0. The minimum Gasteiger partial charge on any atom is -0.113 e. The van der Waals surface area contributed by atoms with E-state index in [2.05, 4.69) is 44.2 Å². The summed E-state index contributed by atoms with van der Waals surface area (Å²) in [5, 5.41) is -0.0533. The Kier molecular flexibility index (Phi) is 3.31. The smallest absolute Gasteiger partial charge is 0.0840 e. The second-order valence-corrected chi connectivity index (χ2v) is 4.52. The van der Waals surface area contributed by atoms with Crippen molar-refractivity contribution in [3.8, 4) is 0 Å². The summed E-state index contributed by atoms with van der Waals surface area (Å²) in [6, 6.07) is 16.5. The van der Waals surface area contributed by atoms with Gasteiger partial charge in [-0.3, -0.25) is 0 Å². The van der Waals surface area contributed by atoms with E-state index in [-0.39, 0.29) is 5.38 Å². The Morgan fingerprint density at radius 3 is 1.94 bits per heavy atom. The number of benzene rings is 2. The summed E-state index contributed by atoms with van der Waals surface area (Å²) >= 11 is 6.54. The van der Waals surface area contributed by atoms with Crippen molar-refractivity contribution in [2.24, 2.45) is 0 Å². The van der Waals surface area contributed by atoms with Crippen molar-refractivity contribution in [2.75, 3.05) is 0 Å². The van der Waals surface area contributed by atoms with Gasteiger partial charge < -0.3 is 0 Å². The molecule has 0 fully saturated rings. The second-order valence-electron chi connectivity index (χ2n) is 4.08. The molecule has 1 unspecified atom stereocenters. The Labute approximate surface area is 102 Å². The molecule has 0 aromatic heterocycles. The molecule has 0 spiro atoms. The van der Waals surface area contributed by atoms with E-state index in [0.29, 0.717) is 0 Å². The van der Waals surface area contributed by atoms with Gasteiger partial charge in [-0.15, -0.1) is 11.6 Å². The summed E-state index contributed by atoms with van der Waals surface area (Å²) in [5.74, 6) is 0. The number of alkyl halides is 1. The maximum atomic E-state index is 6.54. The highest BCUT2D eigenvalue weighted by molar-refractivity contribution is 6.22. The average Bonchev–Trinajstić information content (AvgIpc) is 2.30. The van der Waals surface area contributed by atoms with Crippen molar-refractivity contribution in [2.45, 2.75) is 19.2 Å². The molecule has 0 bridgehead atoms. The molecule has 0 aliphatic heterocycles. The third kappa shape index (κ3) is 2.12. The highest BCUT2D eigenvalue weighted by atomic mass is 35.5. The van der Waals surface area contributed by atoms with E-state index in [0.717, 1.165) is 5.56 Å². The number of halogens is 1. The summed E-state index contributed by atoms with van der Waals surface area (Å²) in [6.45, 7) is 4.22. The first-order valence-electron chi connectivity index (χ1n) is 5.45. The van der Waals surface area contributed by atoms with Gasteiger partial charge in [-0.1, -0.05) is 48.5 Å². The van der Waals surface area contributed by atoms with E-state index in [1.54, 1.807) is 0 Å². The van der Waals surface area contributed by atoms with Gasteiger partial charge in [0, 0.05) is 0 Å². The molecule has 0 N–H and O–H groups in total. The molecule has 2 aromatic rings. The summed E-state index contributed by atoms with van der Waals surface area (Å²) in [5.41, 5.74) is 4.89. The van der Waals surface area contributed by atoms with Gasteiger partial charge >= 0.3 is 0 Å².